The number of para-hydroxylation sites is 1. The molecule has 2 aromatic carbocycles. The summed E-state index contributed by atoms with van der Waals surface area (Å²) >= 11 is 0. The van der Waals surface area contributed by atoms with Crippen molar-refractivity contribution in [2.45, 2.75) is 6.18 Å². The van der Waals surface area contributed by atoms with Gasteiger partial charge in [0.15, 0.2) is 0 Å². The van der Waals surface area contributed by atoms with E-state index in [0.717, 1.165) is 12.1 Å². The molecule has 0 aliphatic rings. The molecule has 0 amide bonds. The second-order valence-electron chi connectivity index (χ2n) is 4.30. The summed E-state index contributed by atoms with van der Waals surface area (Å²) in [6.45, 7) is 0. The zero-order chi connectivity index (χ0) is 14.3. The van der Waals surface area contributed by atoms with Crippen molar-refractivity contribution in [3.63, 3.8) is 0 Å². The van der Waals surface area contributed by atoms with E-state index in [-0.39, 0.29) is 11.4 Å². The Bertz CT molecular complexity index is 777. The molecule has 0 saturated heterocycles. The second-order valence-corrected chi connectivity index (χ2v) is 4.30. The first kappa shape index (κ1) is 12.5. The Morgan fingerprint density at radius 1 is 1.05 bits per heavy atom. The molecule has 2 N–H and O–H groups in total. The van der Waals surface area contributed by atoms with Crippen molar-refractivity contribution in [2.75, 3.05) is 5.73 Å². The van der Waals surface area contributed by atoms with Gasteiger partial charge in [-0.05, 0) is 30.3 Å². The number of benzene rings is 2. The molecule has 0 aliphatic heterocycles. The third-order valence-corrected chi connectivity index (χ3v) is 2.86. The fourth-order valence-corrected chi connectivity index (χ4v) is 1.98. The quantitative estimate of drug-likeness (QED) is 0.696. The summed E-state index contributed by atoms with van der Waals surface area (Å²) in [6.07, 6.45) is -4.46. The summed E-state index contributed by atoms with van der Waals surface area (Å²) in [5, 5.41) is 7.78. The smallest absolute Gasteiger partial charge is 0.399 e. The standard InChI is InChI=1S/C13H9F3N4/c14-13(15,16)8-5-9(17)7-10(6-8)20-12-4-2-1-3-11(12)18-19-20/h1-7H,17H2. The number of halogens is 3. The van der Waals surface area contributed by atoms with Crippen molar-refractivity contribution in [1.82, 2.24) is 15.0 Å². The number of anilines is 1. The average Bonchev–Trinajstić information content (AvgIpc) is 2.80. The number of fused-ring (bicyclic) bond motifs is 1. The monoisotopic (exact) mass is 278 g/mol. The summed E-state index contributed by atoms with van der Waals surface area (Å²) < 4.78 is 39.7. The van der Waals surface area contributed by atoms with Gasteiger partial charge in [-0.15, -0.1) is 5.10 Å². The largest absolute Gasteiger partial charge is 0.416 e. The van der Waals surface area contributed by atoms with Gasteiger partial charge in [0.05, 0.1) is 16.8 Å². The Kier molecular flexibility index (Phi) is 2.63. The van der Waals surface area contributed by atoms with Gasteiger partial charge < -0.3 is 5.73 Å². The third kappa shape index (κ3) is 2.07. The predicted octanol–water partition coefficient (Wildman–Crippen LogP) is 3.02. The van der Waals surface area contributed by atoms with Crippen LogP contribution in [-0.2, 0) is 6.18 Å². The minimum absolute atomic E-state index is 0.0226. The molecule has 7 heteroatoms. The van der Waals surface area contributed by atoms with Crippen LogP contribution in [0.3, 0.4) is 0 Å². The fraction of sp³-hybridized carbons (Fsp3) is 0.0769. The maximum atomic E-state index is 12.8. The number of nitrogens with zero attached hydrogens (tertiary/aromatic N) is 3. The van der Waals surface area contributed by atoms with Crippen LogP contribution < -0.4 is 5.73 Å². The molecule has 3 aromatic rings. The number of rotatable bonds is 1. The minimum atomic E-state index is -4.46. The maximum absolute atomic E-state index is 12.8. The zero-order valence-electron chi connectivity index (χ0n) is 10.1. The summed E-state index contributed by atoms with van der Waals surface area (Å²) in [5.74, 6) is 0. The van der Waals surface area contributed by atoms with Crippen molar-refractivity contribution in [1.29, 1.82) is 0 Å². The van der Waals surface area contributed by atoms with Gasteiger partial charge in [0.25, 0.3) is 0 Å². The maximum Gasteiger partial charge on any atom is 0.416 e. The Labute approximate surface area is 111 Å². The van der Waals surface area contributed by atoms with Crippen molar-refractivity contribution in [3.05, 3.63) is 48.0 Å². The highest BCUT2D eigenvalue weighted by Gasteiger charge is 2.31. The van der Waals surface area contributed by atoms with Crippen LogP contribution in [0.25, 0.3) is 16.7 Å². The normalized spacial score (nSPS) is 11.9. The lowest BCUT2D eigenvalue weighted by atomic mass is 10.1. The molecule has 3 rings (SSSR count). The topological polar surface area (TPSA) is 56.7 Å². The molecule has 102 valence electrons. The minimum Gasteiger partial charge on any atom is -0.399 e. The number of alkyl halides is 3. The van der Waals surface area contributed by atoms with E-state index in [1.807, 2.05) is 0 Å². The number of nitrogens with two attached hydrogens (primary N) is 1. The van der Waals surface area contributed by atoms with E-state index in [0.29, 0.717) is 11.0 Å². The molecular weight excluding hydrogens is 269 g/mol. The first-order valence-electron chi connectivity index (χ1n) is 5.74. The SMILES string of the molecule is Nc1cc(-n2nnc3ccccc32)cc(C(F)(F)F)c1. The Morgan fingerprint density at radius 3 is 2.55 bits per heavy atom. The van der Waals surface area contributed by atoms with E-state index in [1.54, 1.807) is 24.3 Å². The van der Waals surface area contributed by atoms with E-state index >= 15 is 0 Å². The first-order chi connectivity index (χ1) is 9.45. The van der Waals surface area contributed by atoms with Crippen molar-refractivity contribution >= 4 is 16.7 Å². The molecule has 0 unspecified atom stereocenters. The summed E-state index contributed by atoms with van der Waals surface area (Å²) in [4.78, 5) is 0. The van der Waals surface area contributed by atoms with Gasteiger partial charge >= 0.3 is 6.18 Å². The highest BCUT2D eigenvalue weighted by atomic mass is 19.4. The third-order valence-electron chi connectivity index (χ3n) is 2.86. The molecule has 0 spiro atoms. The van der Waals surface area contributed by atoms with Gasteiger partial charge in [-0.1, -0.05) is 17.3 Å². The number of hydrogen-bond donors (Lipinski definition) is 1. The van der Waals surface area contributed by atoms with Crippen LogP contribution in [0.1, 0.15) is 5.56 Å². The van der Waals surface area contributed by atoms with Crippen LogP contribution in [0.4, 0.5) is 18.9 Å². The van der Waals surface area contributed by atoms with Crippen molar-refractivity contribution in [2.24, 2.45) is 0 Å². The second kappa shape index (κ2) is 4.22. The molecule has 0 aliphatic carbocycles. The Balaban J connectivity index is 2.22. The Morgan fingerprint density at radius 2 is 1.80 bits per heavy atom. The van der Waals surface area contributed by atoms with Crippen molar-refractivity contribution in [3.8, 4) is 5.69 Å². The molecule has 0 saturated carbocycles. The van der Waals surface area contributed by atoms with E-state index in [2.05, 4.69) is 10.3 Å². The molecule has 4 nitrogen and oxygen atoms in total. The lowest BCUT2D eigenvalue weighted by molar-refractivity contribution is -0.137. The molecule has 0 fully saturated rings. The van der Waals surface area contributed by atoms with Crippen molar-refractivity contribution < 1.29 is 13.2 Å². The number of nitrogen functional groups attached to an aromatic ring is 1. The van der Waals surface area contributed by atoms with Gasteiger partial charge in [-0.25, -0.2) is 4.68 Å². The molecule has 0 atom stereocenters. The van der Waals surface area contributed by atoms with Crippen LogP contribution in [0.2, 0.25) is 0 Å². The summed E-state index contributed by atoms with van der Waals surface area (Å²) in [6, 6.07) is 10.3. The van der Waals surface area contributed by atoms with Crippen LogP contribution in [-0.4, -0.2) is 15.0 Å². The van der Waals surface area contributed by atoms with Gasteiger partial charge in [0.1, 0.15) is 5.52 Å². The van der Waals surface area contributed by atoms with Crippen LogP contribution in [0.15, 0.2) is 42.5 Å². The van der Waals surface area contributed by atoms with Crippen LogP contribution in [0.5, 0.6) is 0 Å². The van der Waals surface area contributed by atoms with Gasteiger partial charge in [-0.3, -0.25) is 0 Å². The van der Waals surface area contributed by atoms with E-state index in [4.69, 9.17) is 5.73 Å². The zero-order valence-corrected chi connectivity index (χ0v) is 10.1. The molecule has 1 heterocycles. The van der Waals surface area contributed by atoms with E-state index < -0.39 is 11.7 Å². The molecule has 0 bridgehead atoms. The molecule has 20 heavy (non-hydrogen) atoms. The highest BCUT2D eigenvalue weighted by Crippen LogP contribution is 2.32. The van der Waals surface area contributed by atoms with Gasteiger partial charge in [0.2, 0.25) is 0 Å². The first-order valence-corrected chi connectivity index (χ1v) is 5.74. The van der Waals surface area contributed by atoms with Gasteiger partial charge in [-0.2, -0.15) is 13.2 Å². The molecule has 1 aromatic heterocycles. The number of aromatic nitrogens is 3. The molecular formula is C13H9F3N4. The summed E-state index contributed by atoms with van der Waals surface area (Å²) in [7, 11) is 0. The van der Waals surface area contributed by atoms with E-state index in [1.165, 1.54) is 10.7 Å². The fourth-order valence-electron chi connectivity index (χ4n) is 1.98. The number of hydrogen-bond acceptors (Lipinski definition) is 3. The van der Waals surface area contributed by atoms with Crippen LogP contribution >= 0.6 is 0 Å². The average molecular weight is 278 g/mol. The Hall–Kier alpha value is -2.57. The lowest BCUT2D eigenvalue weighted by Gasteiger charge is -2.10. The highest BCUT2D eigenvalue weighted by molar-refractivity contribution is 5.76. The molecule has 0 radical (unpaired) electrons. The van der Waals surface area contributed by atoms with Gasteiger partial charge in [0, 0.05) is 5.69 Å². The predicted molar refractivity (Wildman–Crippen MR) is 68.3 cm³/mol. The summed E-state index contributed by atoms with van der Waals surface area (Å²) in [5.41, 5.74) is 6.20. The van der Waals surface area contributed by atoms with Crippen LogP contribution in [0, 0.1) is 0 Å². The van der Waals surface area contributed by atoms with E-state index in [9.17, 15) is 13.2 Å². The lowest BCUT2D eigenvalue weighted by Crippen LogP contribution is -2.08.